The number of nitrogens with one attached hydrogen (secondary N) is 1. The summed E-state index contributed by atoms with van der Waals surface area (Å²) in [6, 6.07) is 9.58. The van der Waals surface area contributed by atoms with Crippen molar-refractivity contribution in [2.75, 3.05) is 5.32 Å². The van der Waals surface area contributed by atoms with Crippen molar-refractivity contribution in [3.63, 3.8) is 0 Å². The zero-order valence-corrected chi connectivity index (χ0v) is 10.8. The van der Waals surface area contributed by atoms with E-state index >= 15 is 0 Å². The Morgan fingerprint density at radius 3 is 2.82 bits per heavy atom. The van der Waals surface area contributed by atoms with E-state index in [9.17, 15) is 0 Å². The smallest absolute Gasteiger partial charge is 0.101 e. The van der Waals surface area contributed by atoms with Crippen molar-refractivity contribution in [3.8, 4) is 6.07 Å². The van der Waals surface area contributed by atoms with Gasteiger partial charge in [-0.2, -0.15) is 5.26 Å². The number of hydrogen-bond donors (Lipinski definition) is 1. The van der Waals surface area contributed by atoms with Crippen molar-refractivity contribution in [1.82, 2.24) is 4.98 Å². The van der Waals surface area contributed by atoms with Crippen molar-refractivity contribution in [1.29, 1.82) is 5.26 Å². The van der Waals surface area contributed by atoms with Crippen molar-refractivity contribution in [2.24, 2.45) is 0 Å². The molecule has 0 fully saturated rings. The average Bonchev–Trinajstić information content (AvgIpc) is 2.32. The summed E-state index contributed by atoms with van der Waals surface area (Å²) in [5.74, 6) is 0. The molecule has 0 saturated carbocycles. The number of halogens is 1. The van der Waals surface area contributed by atoms with E-state index in [1.807, 2.05) is 25.1 Å². The molecule has 84 valence electrons. The number of anilines is 2. The molecular weight excluding hydrogens is 278 g/mol. The Morgan fingerprint density at radius 1 is 1.29 bits per heavy atom. The fraction of sp³-hybridized carbons (Fsp3) is 0.0769. The van der Waals surface area contributed by atoms with Crippen LogP contribution in [0.4, 0.5) is 11.4 Å². The molecule has 2 rings (SSSR count). The first kappa shape index (κ1) is 11.6. The van der Waals surface area contributed by atoms with Crippen LogP contribution in [-0.2, 0) is 0 Å². The minimum absolute atomic E-state index is 0.608. The summed E-state index contributed by atoms with van der Waals surface area (Å²) in [4.78, 5) is 4.06. The van der Waals surface area contributed by atoms with E-state index in [0.717, 1.165) is 21.4 Å². The van der Waals surface area contributed by atoms with Gasteiger partial charge in [0.1, 0.15) is 6.07 Å². The molecule has 2 aromatic rings. The number of hydrogen-bond acceptors (Lipinski definition) is 3. The van der Waals surface area contributed by atoms with Crippen LogP contribution in [0.5, 0.6) is 0 Å². The normalized spacial score (nSPS) is 9.71. The van der Waals surface area contributed by atoms with Gasteiger partial charge in [-0.3, -0.25) is 4.98 Å². The van der Waals surface area contributed by atoms with Crippen LogP contribution >= 0.6 is 15.9 Å². The fourth-order valence-corrected chi connectivity index (χ4v) is 1.82. The Kier molecular flexibility index (Phi) is 3.40. The third-order valence-electron chi connectivity index (χ3n) is 2.41. The summed E-state index contributed by atoms with van der Waals surface area (Å²) < 4.78 is 0.931. The Morgan fingerprint density at radius 2 is 2.12 bits per heavy atom. The standard InChI is InChI=1S/C13H10BrN3/c1-9-4-5-16-8-13(9)17-12-6-11(14)3-2-10(12)7-15/h2-6,8,17H,1H3. The Hall–Kier alpha value is -1.86. The molecule has 0 aliphatic heterocycles. The molecule has 0 bridgehead atoms. The van der Waals surface area contributed by atoms with Gasteiger partial charge in [-0.05, 0) is 36.8 Å². The number of benzene rings is 1. The molecule has 0 aliphatic carbocycles. The molecule has 17 heavy (non-hydrogen) atoms. The summed E-state index contributed by atoms with van der Waals surface area (Å²) in [6.45, 7) is 1.99. The lowest BCUT2D eigenvalue weighted by atomic mass is 10.2. The molecule has 0 radical (unpaired) electrons. The highest BCUT2D eigenvalue weighted by atomic mass is 79.9. The van der Waals surface area contributed by atoms with Crippen molar-refractivity contribution in [2.45, 2.75) is 6.92 Å². The zero-order valence-electron chi connectivity index (χ0n) is 9.24. The lowest BCUT2D eigenvalue weighted by Crippen LogP contribution is -1.96. The Balaban J connectivity index is 2.40. The number of pyridine rings is 1. The maximum absolute atomic E-state index is 9.04. The molecule has 0 atom stereocenters. The van der Waals surface area contributed by atoms with E-state index in [1.54, 1.807) is 18.5 Å². The molecule has 0 spiro atoms. The van der Waals surface area contributed by atoms with E-state index in [0.29, 0.717) is 5.56 Å². The first-order valence-electron chi connectivity index (χ1n) is 5.08. The van der Waals surface area contributed by atoms with Crippen molar-refractivity contribution in [3.05, 3.63) is 52.3 Å². The van der Waals surface area contributed by atoms with Gasteiger partial charge in [0.05, 0.1) is 23.1 Å². The first-order valence-corrected chi connectivity index (χ1v) is 5.87. The summed E-state index contributed by atoms with van der Waals surface area (Å²) in [5, 5.41) is 12.3. The fourth-order valence-electron chi connectivity index (χ4n) is 1.46. The van der Waals surface area contributed by atoms with Crippen LogP contribution in [0.1, 0.15) is 11.1 Å². The highest BCUT2D eigenvalue weighted by molar-refractivity contribution is 9.10. The van der Waals surface area contributed by atoms with Gasteiger partial charge in [0, 0.05) is 10.7 Å². The molecule has 1 aromatic carbocycles. The molecule has 0 unspecified atom stereocenters. The minimum atomic E-state index is 0.608. The first-order chi connectivity index (χ1) is 8.20. The quantitative estimate of drug-likeness (QED) is 0.915. The van der Waals surface area contributed by atoms with Crippen LogP contribution in [0.25, 0.3) is 0 Å². The maximum Gasteiger partial charge on any atom is 0.101 e. The third-order valence-corrected chi connectivity index (χ3v) is 2.90. The second kappa shape index (κ2) is 4.98. The predicted molar refractivity (Wildman–Crippen MR) is 71.1 cm³/mol. The second-order valence-corrected chi connectivity index (χ2v) is 4.53. The van der Waals surface area contributed by atoms with Gasteiger partial charge >= 0.3 is 0 Å². The number of aromatic nitrogens is 1. The number of aryl methyl sites for hydroxylation is 1. The van der Waals surface area contributed by atoms with Crippen LogP contribution in [-0.4, -0.2) is 4.98 Å². The molecule has 3 nitrogen and oxygen atoms in total. The van der Waals surface area contributed by atoms with Gasteiger partial charge in [-0.25, -0.2) is 0 Å². The van der Waals surface area contributed by atoms with E-state index in [4.69, 9.17) is 5.26 Å². The number of rotatable bonds is 2. The zero-order chi connectivity index (χ0) is 12.3. The van der Waals surface area contributed by atoms with Gasteiger partial charge in [0.15, 0.2) is 0 Å². The molecule has 1 aromatic heterocycles. The largest absolute Gasteiger partial charge is 0.353 e. The van der Waals surface area contributed by atoms with Crippen LogP contribution in [0, 0.1) is 18.3 Å². The van der Waals surface area contributed by atoms with Crippen LogP contribution < -0.4 is 5.32 Å². The monoisotopic (exact) mass is 287 g/mol. The SMILES string of the molecule is Cc1ccncc1Nc1cc(Br)ccc1C#N. The Labute approximate surface area is 108 Å². The molecule has 0 aliphatic rings. The van der Waals surface area contributed by atoms with Gasteiger partial charge in [-0.15, -0.1) is 0 Å². The molecular formula is C13H10BrN3. The highest BCUT2D eigenvalue weighted by Gasteiger charge is 2.04. The Bertz CT molecular complexity index is 587. The third kappa shape index (κ3) is 2.63. The lowest BCUT2D eigenvalue weighted by molar-refractivity contribution is 1.28. The average molecular weight is 288 g/mol. The maximum atomic E-state index is 9.04. The van der Waals surface area contributed by atoms with Crippen molar-refractivity contribution >= 4 is 27.3 Å². The summed E-state index contributed by atoms with van der Waals surface area (Å²) in [7, 11) is 0. The van der Waals surface area contributed by atoms with E-state index in [-0.39, 0.29) is 0 Å². The van der Waals surface area contributed by atoms with Crippen LogP contribution in [0.3, 0.4) is 0 Å². The van der Waals surface area contributed by atoms with Crippen LogP contribution in [0.2, 0.25) is 0 Å². The van der Waals surface area contributed by atoms with E-state index in [2.05, 4.69) is 32.3 Å². The molecule has 0 amide bonds. The summed E-state index contributed by atoms with van der Waals surface area (Å²) in [5.41, 5.74) is 3.38. The lowest BCUT2D eigenvalue weighted by Gasteiger charge is -2.10. The summed E-state index contributed by atoms with van der Waals surface area (Å²) >= 11 is 3.39. The summed E-state index contributed by atoms with van der Waals surface area (Å²) in [6.07, 6.45) is 3.49. The van der Waals surface area contributed by atoms with Gasteiger partial charge in [0.25, 0.3) is 0 Å². The highest BCUT2D eigenvalue weighted by Crippen LogP contribution is 2.25. The van der Waals surface area contributed by atoms with Gasteiger partial charge in [0.2, 0.25) is 0 Å². The molecule has 1 heterocycles. The van der Waals surface area contributed by atoms with Crippen LogP contribution in [0.15, 0.2) is 41.1 Å². The topological polar surface area (TPSA) is 48.7 Å². The number of nitriles is 1. The van der Waals surface area contributed by atoms with Crippen molar-refractivity contribution < 1.29 is 0 Å². The number of nitrogens with zero attached hydrogens (tertiary/aromatic N) is 2. The predicted octanol–water partition coefficient (Wildman–Crippen LogP) is 3.77. The van der Waals surface area contributed by atoms with E-state index < -0.39 is 0 Å². The van der Waals surface area contributed by atoms with E-state index in [1.165, 1.54) is 0 Å². The second-order valence-electron chi connectivity index (χ2n) is 3.62. The molecule has 4 heteroatoms. The molecule has 0 saturated heterocycles. The minimum Gasteiger partial charge on any atom is -0.353 e. The van der Waals surface area contributed by atoms with Gasteiger partial charge in [-0.1, -0.05) is 15.9 Å². The molecule has 1 N–H and O–H groups in total. The van der Waals surface area contributed by atoms with Gasteiger partial charge < -0.3 is 5.32 Å².